The van der Waals surface area contributed by atoms with E-state index < -0.39 is 0 Å². The molecule has 0 amide bonds. The molecule has 0 unspecified atom stereocenters. The summed E-state index contributed by atoms with van der Waals surface area (Å²) in [6.07, 6.45) is 9.54. The molecule has 0 bridgehead atoms. The quantitative estimate of drug-likeness (QED) is 0.458. The van der Waals surface area contributed by atoms with E-state index in [-0.39, 0.29) is 11.7 Å². The van der Waals surface area contributed by atoms with E-state index in [0.29, 0.717) is 11.4 Å². The highest BCUT2D eigenvalue weighted by molar-refractivity contribution is 5.65. The van der Waals surface area contributed by atoms with Crippen LogP contribution in [0.5, 0.6) is 0 Å². The largest absolute Gasteiger partial charge is 0.304 e. The van der Waals surface area contributed by atoms with Crippen molar-refractivity contribution in [2.24, 2.45) is 0 Å². The molecule has 4 heterocycles. The minimum absolute atomic E-state index is 0.0624. The monoisotopic (exact) mass is 428 g/mol. The fourth-order valence-electron chi connectivity index (χ4n) is 4.39. The fraction of sp³-hybridized carbons (Fsp3) is 0.280. The van der Waals surface area contributed by atoms with Crippen molar-refractivity contribution in [3.05, 3.63) is 88.5 Å². The van der Waals surface area contributed by atoms with Gasteiger partial charge in [0.2, 0.25) is 0 Å². The first-order chi connectivity index (χ1) is 15.5. The van der Waals surface area contributed by atoms with Crippen LogP contribution < -0.4 is 0 Å². The minimum Gasteiger partial charge on any atom is -0.304 e. The van der Waals surface area contributed by atoms with Crippen LogP contribution >= 0.6 is 0 Å². The second-order valence-electron chi connectivity index (χ2n) is 8.30. The number of nitrogens with zero attached hydrogens (tertiary/aromatic N) is 6. The Morgan fingerprint density at radius 1 is 1.06 bits per heavy atom. The van der Waals surface area contributed by atoms with Crippen molar-refractivity contribution >= 4 is 12.2 Å². The maximum atomic E-state index is 14.1. The molecule has 7 heteroatoms. The van der Waals surface area contributed by atoms with Crippen LogP contribution in [0.2, 0.25) is 0 Å². The first-order valence-electron chi connectivity index (χ1n) is 10.9. The molecule has 0 radical (unpaired) electrons. The Hall–Kier alpha value is -3.61. The Labute approximate surface area is 186 Å². The lowest BCUT2D eigenvalue weighted by atomic mass is 9.88. The Morgan fingerprint density at radius 3 is 2.72 bits per heavy atom. The number of rotatable bonds is 4. The van der Waals surface area contributed by atoms with Gasteiger partial charge < -0.3 is 4.57 Å². The third-order valence-corrected chi connectivity index (χ3v) is 6.05. The number of benzene rings is 1. The molecule has 0 aliphatic carbocycles. The lowest BCUT2D eigenvalue weighted by molar-refractivity contribution is 0.443. The van der Waals surface area contributed by atoms with Gasteiger partial charge in [-0.05, 0) is 75.1 Å². The second-order valence-corrected chi connectivity index (χ2v) is 8.30. The predicted octanol–water partition coefficient (Wildman–Crippen LogP) is 5.02. The molecule has 1 aromatic carbocycles. The molecule has 1 atom stereocenters. The average Bonchev–Trinajstić information content (AvgIpc) is 3.40. The van der Waals surface area contributed by atoms with Crippen LogP contribution in [0.15, 0.2) is 42.9 Å². The van der Waals surface area contributed by atoms with Gasteiger partial charge in [-0.15, -0.1) is 0 Å². The summed E-state index contributed by atoms with van der Waals surface area (Å²) in [7, 11) is 0. The lowest BCUT2D eigenvalue weighted by Crippen LogP contribution is -2.18. The number of aryl methyl sites for hydroxylation is 3. The van der Waals surface area contributed by atoms with E-state index in [1.807, 2.05) is 66.6 Å². The van der Waals surface area contributed by atoms with Crippen molar-refractivity contribution in [2.45, 2.75) is 46.1 Å². The summed E-state index contributed by atoms with van der Waals surface area (Å²) in [5.74, 6) is 1.44. The van der Waals surface area contributed by atoms with Crippen LogP contribution in [0.25, 0.3) is 17.8 Å². The molecule has 1 aliphatic heterocycles. The first-order valence-corrected chi connectivity index (χ1v) is 10.9. The average molecular weight is 429 g/mol. The minimum atomic E-state index is -0.171. The second kappa shape index (κ2) is 8.15. The van der Waals surface area contributed by atoms with E-state index in [4.69, 9.17) is 9.97 Å². The summed E-state index contributed by atoms with van der Waals surface area (Å²) >= 11 is 0. The molecular formula is C25H25FN6. The summed E-state index contributed by atoms with van der Waals surface area (Å²) < 4.78 is 18.1. The topological polar surface area (TPSA) is 61.4 Å². The molecule has 0 saturated carbocycles. The van der Waals surface area contributed by atoms with Gasteiger partial charge in [0.05, 0.1) is 29.1 Å². The van der Waals surface area contributed by atoms with Gasteiger partial charge in [-0.2, -0.15) is 5.10 Å². The number of pyridine rings is 1. The number of aromatic nitrogens is 6. The standard InChI is InChI=1S/C25H25FN6/c1-16-14-31(15-27-16)23-11-9-19(28-18(23)3)10-12-24-29-25-21(7-5-13-32(25)30-24)20-6-4-8-22(26)17(20)2/h4,6,8-12,14-15,21H,5,7,13H2,1-3H3/b12-10+/t21-/m0/s1. The molecule has 3 aromatic heterocycles. The third-order valence-electron chi connectivity index (χ3n) is 6.05. The number of halogens is 1. The Kier molecular flexibility index (Phi) is 5.17. The van der Waals surface area contributed by atoms with Gasteiger partial charge in [-0.1, -0.05) is 12.1 Å². The number of hydrogen-bond donors (Lipinski definition) is 0. The summed E-state index contributed by atoms with van der Waals surface area (Å²) in [5.41, 5.74) is 5.42. The smallest absolute Gasteiger partial charge is 0.174 e. The van der Waals surface area contributed by atoms with Crippen molar-refractivity contribution in [3.63, 3.8) is 0 Å². The van der Waals surface area contributed by atoms with Crippen molar-refractivity contribution in [2.75, 3.05) is 0 Å². The van der Waals surface area contributed by atoms with Gasteiger partial charge in [-0.25, -0.2) is 19.0 Å². The Balaban J connectivity index is 1.41. The van der Waals surface area contributed by atoms with Crippen molar-refractivity contribution in [1.29, 1.82) is 0 Å². The molecule has 4 aromatic rings. The zero-order valence-electron chi connectivity index (χ0n) is 18.5. The maximum absolute atomic E-state index is 14.1. The third kappa shape index (κ3) is 3.75. The lowest BCUT2D eigenvalue weighted by Gasteiger charge is -2.23. The fourth-order valence-corrected chi connectivity index (χ4v) is 4.39. The van der Waals surface area contributed by atoms with Crippen LogP contribution in [0.3, 0.4) is 0 Å². The van der Waals surface area contributed by atoms with Gasteiger partial charge in [-0.3, -0.25) is 4.98 Å². The molecule has 0 N–H and O–H groups in total. The number of hydrogen-bond acceptors (Lipinski definition) is 4. The molecule has 162 valence electrons. The molecule has 32 heavy (non-hydrogen) atoms. The van der Waals surface area contributed by atoms with E-state index in [9.17, 15) is 4.39 Å². The Morgan fingerprint density at radius 2 is 1.94 bits per heavy atom. The van der Waals surface area contributed by atoms with E-state index in [1.54, 1.807) is 12.4 Å². The van der Waals surface area contributed by atoms with Gasteiger partial charge in [0, 0.05) is 18.7 Å². The zero-order valence-corrected chi connectivity index (χ0v) is 18.5. The van der Waals surface area contributed by atoms with Crippen LogP contribution in [0, 0.1) is 26.6 Å². The Bertz CT molecular complexity index is 1320. The maximum Gasteiger partial charge on any atom is 0.174 e. The molecule has 5 rings (SSSR count). The highest BCUT2D eigenvalue weighted by atomic mass is 19.1. The van der Waals surface area contributed by atoms with Gasteiger partial charge in [0.1, 0.15) is 11.6 Å². The van der Waals surface area contributed by atoms with E-state index in [0.717, 1.165) is 53.5 Å². The van der Waals surface area contributed by atoms with Crippen molar-refractivity contribution < 1.29 is 4.39 Å². The summed E-state index contributed by atoms with van der Waals surface area (Å²) in [4.78, 5) is 13.8. The van der Waals surface area contributed by atoms with Crippen molar-refractivity contribution in [3.8, 4) is 5.69 Å². The van der Waals surface area contributed by atoms with Gasteiger partial charge >= 0.3 is 0 Å². The highest BCUT2D eigenvalue weighted by Crippen LogP contribution is 2.34. The normalized spacial score (nSPS) is 15.9. The summed E-state index contributed by atoms with van der Waals surface area (Å²) in [5, 5.41) is 4.67. The molecular weight excluding hydrogens is 403 g/mol. The SMILES string of the molecule is Cc1cn(-c2ccc(/C=C/c3nc4n(n3)CCC[C@H]4c3cccc(F)c3C)nc2C)cn1. The zero-order chi connectivity index (χ0) is 22.2. The summed E-state index contributed by atoms with van der Waals surface area (Å²) in [6.45, 7) is 6.62. The highest BCUT2D eigenvalue weighted by Gasteiger charge is 2.27. The van der Waals surface area contributed by atoms with Gasteiger partial charge in [0.15, 0.2) is 5.82 Å². The first kappa shape index (κ1) is 20.3. The van der Waals surface area contributed by atoms with Gasteiger partial charge in [0.25, 0.3) is 0 Å². The predicted molar refractivity (Wildman–Crippen MR) is 122 cm³/mol. The van der Waals surface area contributed by atoms with E-state index in [1.165, 1.54) is 6.07 Å². The summed E-state index contributed by atoms with van der Waals surface area (Å²) in [6, 6.07) is 9.30. The van der Waals surface area contributed by atoms with Crippen molar-refractivity contribution in [1.82, 2.24) is 29.3 Å². The number of imidazole rings is 1. The van der Waals surface area contributed by atoms with E-state index in [2.05, 4.69) is 10.1 Å². The molecule has 0 spiro atoms. The van der Waals surface area contributed by atoms with Crippen LogP contribution in [0.1, 0.15) is 58.6 Å². The molecule has 0 fully saturated rings. The van der Waals surface area contributed by atoms with Crippen LogP contribution in [-0.2, 0) is 6.54 Å². The van der Waals surface area contributed by atoms with E-state index >= 15 is 0 Å². The number of fused-ring (bicyclic) bond motifs is 1. The molecule has 6 nitrogen and oxygen atoms in total. The van der Waals surface area contributed by atoms with Crippen LogP contribution in [0.4, 0.5) is 4.39 Å². The molecule has 0 saturated heterocycles. The van der Waals surface area contributed by atoms with Crippen LogP contribution in [-0.4, -0.2) is 29.3 Å². The molecule has 1 aliphatic rings.